The van der Waals surface area contributed by atoms with Gasteiger partial charge >= 0.3 is 0 Å². The minimum atomic E-state index is -0.412. The zero-order chi connectivity index (χ0) is 23.7. The van der Waals surface area contributed by atoms with Gasteiger partial charge in [0, 0.05) is 67.7 Å². The van der Waals surface area contributed by atoms with E-state index in [1.807, 2.05) is 12.1 Å². The molecule has 3 heterocycles. The number of likely N-dealkylation sites (N-methyl/N-ethyl adjacent to an activating group) is 1. The summed E-state index contributed by atoms with van der Waals surface area (Å²) < 4.78 is 20.1. The number of benzene rings is 2. The monoisotopic (exact) mass is 468 g/mol. The third kappa shape index (κ3) is 4.61. The molecule has 3 aliphatic heterocycles. The van der Waals surface area contributed by atoms with Gasteiger partial charge in [-0.15, -0.1) is 0 Å². The number of piperazine rings is 1. The molecule has 9 heteroatoms. The molecular weight excluding hydrogens is 435 g/mol. The summed E-state index contributed by atoms with van der Waals surface area (Å²) in [4.78, 5) is 17.9. The summed E-state index contributed by atoms with van der Waals surface area (Å²) in [7, 11) is 3.69. The first-order valence-corrected chi connectivity index (χ1v) is 11.9. The van der Waals surface area contributed by atoms with Gasteiger partial charge < -0.3 is 25.2 Å². The molecular formula is C25H33FN6O2. The van der Waals surface area contributed by atoms with Crippen molar-refractivity contribution in [1.29, 1.82) is 0 Å². The van der Waals surface area contributed by atoms with Crippen molar-refractivity contribution >= 4 is 17.3 Å². The largest absolute Gasteiger partial charge is 0.496 e. The number of nitrogens with zero attached hydrogens (tertiary/aromatic N) is 2. The Morgan fingerprint density at radius 3 is 2.59 bits per heavy atom. The Balaban J connectivity index is 1.24. The van der Waals surface area contributed by atoms with Gasteiger partial charge in [0.15, 0.2) is 0 Å². The number of nitrogens with one attached hydrogen (secondary N) is 4. The number of hydrogen-bond donors (Lipinski definition) is 4. The molecule has 0 aliphatic carbocycles. The van der Waals surface area contributed by atoms with Crippen LogP contribution >= 0.6 is 0 Å². The standard InChI is InChI=1S/C25H33FN6O2/c1-31-10-12-32(13-11-31)17-8-6-16(7-9-17)28-25(33)24-18-14-20(27-15-21(18)29-30-24)23-19(26)4-3-5-22(23)34-2/h3-9,18,20-21,24,27,29-30H,10-15H2,1-2H3,(H,28,33). The van der Waals surface area contributed by atoms with Crippen molar-refractivity contribution < 1.29 is 13.9 Å². The minimum absolute atomic E-state index is 0.0141. The Labute approximate surface area is 199 Å². The van der Waals surface area contributed by atoms with E-state index >= 15 is 0 Å². The molecule has 5 rings (SSSR count). The van der Waals surface area contributed by atoms with Crippen molar-refractivity contribution in [3.8, 4) is 5.75 Å². The molecule has 2 aromatic rings. The number of hydrazine groups is 1. The lowest BCUT2D eigenvalue weighted by atomic mass is 9.81. The molecule has 0 bridgehead atoms. The Morgan fingerprint density at radius 1 is 1.09 bits per heavy atom. The topological polar surface area (TPSA) is 80.9 Å². The van der Waals surface area contributed by atoms with Crippen LogP contribution in [0.2, 0.25) is 0 Å². The zero-order valence-electron chi connectivity index (χ0n) is 19.7. The van der Waals surface area contributed by atoms with Gasteiger partial charge in [-0.1, -0.05) is 6.07 Å². The quantitative estimate of drug-likeness (QED) is 0.532. The second-order valence-corrected chi connectivity index (χ2v) is 9.42. The van der Waals surface area contributed by atoms with Gasteiger partial charge in [0.1, 0.15) is 17.6 Å². The number of methoxy groups -OCH3 is 1. The van der Waals surface area contributed by atoms with E-state index < -0.39 is 6.04 Å². The maximum Gasteiger partial charge on any atom is 0.243 e. The van der Waals surface area contributed by atoms with Crippen molar-refractivity contribution in [3.63, 3.8) is 0 Å². The van der Waals surface area contributed by atoms with E-state index in [4.69, 9.17) is 4.74 Å². The second kappa shape index (κ2) is 9.87. The van der Waals surface area contributed by atoms with E-state index in [-0.39, 0.29) is 29.7 Å². The number of anilines is 2. The molecule has 3 saturated heterocycles. The smallest absolute Gasteiger partial charge is 0.243 e. The molecule has 3 fully saturated rings. The number of carbonyl (C=O) groups is 1. The van der Waals surface area contributed by atoms with Crippen LogP contribution in [0.1, 0.15) is 18.0 Å². The van der Waals surface area contributed by atoms with Crippen LogP contribution in [0, 0.1) is 11.7 Å². The third-order valence-electron chi connectivity index (χ3n) is 7.33. The lowest BCUT2D eigenvalue weighted by Crippen LogP contribution is -2.48. The van der Waals surface area contributed by atoms with Crippen molar-refractivity contribution in [1.82, 2.24) is 21.1 Å². The van der Waals surface area contributed by atoms with E-state index in [1.54, 1.807) is 19.2 Å². The summed E-state index contributed by atoms with van der Waals surface area (Å²) in [5.41, 5.74) is 8.87. The number of hydrogen-bond acceptors (Lipinski definition) is 7. The van der Waals surface area contributed by atoms with E-state index in [2.05, 4.69) is 50.5 Å². The number of carbonyl (C=O) groups excluding carboxylic acids is 1. The van der Waals surface area contributed by atoms with Gasteiger partial charge in [-0.05, 0) is 49.9 Å². The highest BCUT2D eigenvalue weighted by molar-refractivity contribution is 5.95. The number of halogens is 1. The van der Waals surface area contributed by atoms with Gasteiger partial charge in [0.25, 0.3) is 0 Å². The van der Waals surface area contributed by atoms with Gasteiger partial charge in [-0.25, -0.2) is 9.82 Å². The summed E-state index contributed by atoms with van der Waals surface area (Å²) in [6.07, 6.45) is 0.613. The Hall–Kier alpha value is -2.72. The van der Waals surface area contributed by atoms with Crippen molar-refractivity contribution in [3.05, 3.63) is 53.8 Å². The summed E-state index contributed by atoms with van der Waals surface area (Å²) in [6.45, 7) is 4.74. The Kier molecular flexibility index (Phi) is 6.69. The third-order valence-corrected chi connectivity index (χ3v) is 7.33. The van der Waals surface area contributed by atoms with Crippen LogP contribution in [0.25, 0.3) is 0 Å². The van der Waals surface area contributed by atoms with Crippen LogP contribution in [0.4, 0.5) is 15.8 Å². The lowest BCUT2D eigenvalue weighted by Gasteiger charge is -2.34. The number of amides is 1. The molecule has 2 aromatic carbocycles. The van der Waals surface area contributed by atoms with E-state index in [0.717, 1.165) is 31.9 Å². The molecule has 182 valence electrons. The predicted octanol–water partition coefficient (Wildman–Crippen LogP) is 1.72. The molecule has 34 heavy (non-hydrogen) atoms. The fraction of sp³-hybridized carbons (Fsp3) is 0.480. The highest BCUT2D eigenvalue weighted by Crippen LogP contribution is 2.37. The molecule has 1 amide bonds. The molecule has 0 radical (unpaired) electrons. The SMILES string of the molecule is COc1cccc(F)c1C1CC2C(CN1)NNC2C(=O)Nc1ccc(N2CCN(C)CC2)cc1. The average Bonchev–Trinajstić information content (AvgIpc) is 3.28. The Bertz CT molecular complexity index is 1010. The highest BCUT2D eigenvalue weighted by atomic mass is 19.1. The van der Waals surface area contributed by atoms with Crippen molar-refractivity contribution in [2.75, 3.05) is 57.1 Å². The molecule has 0 spiro atoms. The molecule has 4 N–H and O–H groups in total. The fourth-order valence-corrected chi connectivity index (χ4v) is 5.32. The van der Waals surface area contributed by atoms with Crippen molar-refractivity contribution in [2.24, 2.45) is 5.92 Å². The van der Waals surface area contributed by atoms with Crippen LogP contribution < -0.4 is 31.1 Å². The molecule has 4 unspecified atom stereocenters. The van der Waals surface area contributed by atoms with E-state index in [0.29, 0.717) is 24.3 Å². The first-order valence-electron chi connectivity index (χ1n) is 11.9. The zero-order valence-corrected chi connectivity index (χ0v) is 19.7. The number of piperidine rings is 1. The molecule has 3 aliphatic rings. The number of rotatable bonds is 5. The van der Waals surface area contributed by atoms with Gasteiger partial charge in [-0.3, -0.25) is 10.2 Å². The molecule has 8 nitrogen and oxygen atoms in total. The molecule has 0 saturated carbocycles. The number of ether oxygens (including phenoxy) is 1. The van der Waals surface area contributed by atoms with Crippen LogP contribution in [-0.4, -0.2) is 69.8 Å². The molecule has 0 aromatic heterocycles. The summed E-state index contributed by atoms with van der Waals surface area (Å²) in [5, 5.41) is 6.47. The van der Waals surface area contributed by atoms with Crippen molar-refractivity contribution in [2.45, 2.75) is 24.5 Å². The van der Waals surface area contributed by atoms with E-state index in [1.165, 1.54) is 11.8 Å². The first kappa shape index (κ1) is 23.0. The van der Waals surface area contributed by atoms with Crippen LogP contribution in [0.15, 0.2) is 42.5 Å². The van der Waals surface area contributed by atoms with Crippen LogP contribution in [0.3, 0.4) is 0 Å². The number of fused-ring (bicyclic) bond motifs is 1. The summed E-state index contributed by atoms with van der Waals surface area (Å²) >= 11 is 0. The second-order valence-electron chi connectivity index (χ2n) is 9.42. The first-order chi connectivity index (χ1) is 16.5. The molecule has 4 atom stereocenters. The fourth-order valence-electron chi connectivity index (χ4n) is 5.32. The summed E-state index contributed by atoms with van der Waals surface area (Å²) in [6, 6.07) is 12.4. The lowest BCUT2D eigenvalue weighted by molar-refractivity contribution is -0.119. The highest BCUT2D eigenvalue weighted by Gasteiger charge is 2.44. The maximum atomic E-state index is 14.7. The van der Waals surface area contributed by atoms with Crippen LogP contribution in [-0.2, 0) is 4.79 Å². The van der Waals surface area contributed by atoms with Gasteiger partial charge in [0.05, 0.1) is 7.11 Å². The van der Waals surface area contributed by atoms with E-state index in [9.17, 15) is 9.18 Å². The van der Waals surface area contributed by atoms with Gasteiger partial charge in [0.2, 0.25) is 5.91 Å². The van der Waals surface area contributed by atoms with Gasteiger partial charge in [-0.2, -0.15) is 0 Å². The van der Waals surface area contributed by atoms with Crippen LogP contribution in [0.5, 0.6) is 5.75 Å². The summed E-state index contributed by atoms with van der Waals surface area (Å²) in [5.74, 6) is 0.153. The predicted molar refractivity (Wildman–Crippen MR) is 130 cm³/mol. The average molecular weight is 469 g/mol. The minimum Gasteiger partial charge on any atom is -0.496 e. The maximum absolute atomic E-state index is 14.7. The normalized spacial score (nSPS) is 27.3. The Morgan fingerprint density at radius 2 is 1.85 bits per heavy atom.